The van der Waals surface area contributed by atoms with Crippen molar-refractivity contribution in [3.05, 3.63) is 29.3 Å². The van der Waals surface area contributed by atoms with Gasteiger partial charge in [0.05, 0.1) is 19.3 Å². The van der Waals surface area contributed by atoms with Gasteiger partial charge >= 0.3 is 0 Å². The molecule has 0 fully saturated rings. The Bertz CT molecular complexity index is 333. The number of rotatable bonds is 5. The van der Waals surface area contributed by atoms with Crippen LogP contribution in [0.2, 0.25) is 0 Å². The van der Waals surface area contributed by atoms with Crippen LogP contribution in [-0.4, -0.2) is 29.5 Å². The molecule has 1 aromatic rings. The molecule has 0 bridgehead atoms. The highest BCUT2D eigenvalue weighted by Gasteiger charge is 2.12. The Balaban J connectivity index is 3.00. The van der Waals surface area contributed by atoms with Gasteiger partial charge in [0.2, 0.25) is 0 Å². The molecule has 3 heteroatoms. The number of aliphatic hydroxyl groups excluding tert-OH is 2. The van der Waals surface area contributed by atoms with E-state index >= 15 is 0 Å². The van der Waals surface area contributed by atoms with Crippen molar-refractivity contribution in [1.82, 2.24) is 0 Å². The molecule has 0 aromatic heterocycles. The zero-order valence-corrected chi connectivity index (χ0v) is 10.2. The summed E-state index contributed by atoms with van der Waals surface area (Å²) in [6.07, 6.45) is 0. The SMILES string of the molecule is Cc1cccc(C(C)C)c1NC(CO)CO. The molecule has 90 valence electrons. The number of anilines is 1. The van der Waals surface area contributed by atoms with Gasteiger partial charge in [-0.25, -0.2) is 0 Å². The number of hydrogen-bond donors (Lipinski definition) is 3. The third-order valence-electron chi connectivity index (χ3n) is 2.72. The second-order valence-electron chi connectivity index (χ2n) is 4.40. The number of benzene rings is 1. The van der Waals surface area contributed by atoms with Gasteiger partial charge in [0.25, 0.3) is 0 Å². The molecule has 0 saturated carbocycles. The van der Waals surface area contributed by atoms with Crippen molar-refractivity contribution in [3.8, 4) is 0 Å². The van der Waals surface area contributed by atoms with Gasteiger partial charge in [0.1, 0.15) is 0 Å². The minimum Gasteiger partial charge on any atom is -0.394 e. The fourth-order valence-corrected chi connectivity index (χ4v) is 1.72. The maximum absolute atomic E-state index is 9.09. The molecule has 3 nitrogen and oxygen atoms in total. The predicted octanol–water partition coefficient (Wildman–Crippen LogP) is 1.88. The van der Waals surface area contributed by atoms with E-state index in [2.05, 4.69) is 25.2 Å². The predicted molar refractivity (Wildman–Crippen MR) is 66.9 cm³/mol. The van der Waals surface area contributed by atoms with Crippen LogP contribution in [0.15, 0.2) is 18.2 Å². The van der Waals surface area contributed by atoms with E-state index in [1.807, 2.05) is 19.1 Å². The highest BCUT2D eigenvalue weighted by Crippen LogP contribution is 2.27. The molecule has 3 N–H and O–H groups in total. The van der Waals surface area contributed by atoms with Gasteiger partial charge < -0.3 is 15.5 Å². The second-order valence-corrected chi connectivity index (χ2v) is 4.40. The summed E-state index contributed by atoms with van der Waals surface area (Å²) < 4.78 is 0. The molecular weight excluding hydrogens is 202 g/mol. The van der Waals surface area contributed by atoms with Crippen LogP contribution in [0.4, 0.5) is 5.69 Å². The third kappa shape index (κ3) is 2.97. The molecule has 16 heavy (non-hydrogen) atoms. The number of nitrogens with one attached hydrogen (secondary N) is 1. The van der Waals surface area contributed by atoms with Crippen LogP contribution < -0.4 is 5.32 Å². The lowest BCUT2D eigenvalue weighted by Crippen LogP contribution is -2.28. The summed E-state index contributed by atoms with van der Waals surface area (Å²) in [5.41, 5.74) is 3.38. The summed E-state index contributed by atoms with van der Waals surface area (Å²) in [5.74, 6) is 0.417. The Kier molecular flexibility index (Phi) is 4.77. The Morgan fingerprint density at radius 3 is 2.31 bits per heavy atom. The molecule has 0 saturated heterocycles. The largest absolute Gasteiger partial charge is 0.394 e. The zero-order valence-electron chi connectivity index (χ0n) is 10.2. The van der Waals surface area contributed by atoms with Crippen LogP contribution >= 0.6 is 0 Å². The topological polar surface area (TPSA) is 52.5 Å². The monoisotopic (exact) mass is 223 g/mol. The molecule has 1 rings (SSSR count). The summed E-state index contributed by atoms with van der Waals surface area (Å²) in [6.45, 7) is 6.16. The summed E-state index contributed by atoms with van der Waals surface area (Å²) in [6, 6.07) is 5.84. The van der Waals surface area contributed by atoms with Gasteiger partial charge in [-0.3, -0.25) is 0 Å². The molecule has 0 aliphatic rings. The summed E-state index contributed by atoms with van der Waals surface area (Å²) in [7, 11) is 0. The van der Waals surface area contributed by atoms with Crippen molar-refractivity contribution in [2.75, 3.05) is 18.5 Å². The van der Waals surface area contributed by atoms with Crippen molar-refractivity contribution >= 4 is 5.69 Å². The first-order valence-electron chi connectivity index (χ1n) is 5.68. The van der Waals surface area contributed by atoms with E-state index in [4.69, 9.17) is 10.2 Å². The second kappa shape index (κ2) is 5.87. The summed E-state index contributed by atoms with van der Waals surface area (Å²) in [4.78, 5) is 0. The van der Waals surface area contributed by atoms with Crippen molar-refractivity contribution in [2.45, 2.75) is 32.7 Å². The van der Waals surface area contributed by atoms with E-state index in [1.165, 1.54) is 5.56 Å². The highest BCUT2D eigenvalue weighted by atomic mass is 16.3. The van der Waals surface area contributed by atoms with Crippen LogP contribution in [0, 0.1) is 6.92 Å². The number of aryl methyl sites for hydroxylation is 1. The molecule has 0 unspecified atom stereocenters. The van der Waals surface area contributed by atoms with E-state index in [-0.39, 0.29) is 19.3 Å². The fraction of sp³-hybridized carbons (Fsp3) is 0.538. The fourth-order valence-electron chi connectivity index (χ4n) is 1.72. The molecule has 0 heterocycles. The van der Waals surface area contributed by atoms with Gasteiger partial charge in [-0.2, -0.15) is 0 Å². The van der Waals surface area contributed by atoms with Crippen LogP contribution in [-0.2, 0) is 0 Å². The van der Waals surface area contributed by atoms with E-state index < -0.39 is 0 Å². The molecule has 0 radical (unpaired) electrons. The number of hydrogen-bond acceptors (Lipinski definition) is 3. The standard InChI is InChI=1S/C13H21NO2/c1-9(2)12-6-4-5-10(3)13(12)14-11(7-15)8-16/h4-6,9,11,14-16H,7-8H2,1-3H3. The number of aliphatic hydroxyl groups is 2. The smallest absolute Gasteiger partial charge is 0.0723 e. The van der Waals surface area contributed by atoms with Crippen molar-refractivity contribution in [2.24, 2.45) is 0 Å². The maximum Gasteiger partial charge on any atom is 0.0723 e. The summed E-state index contributed by atoms with van der Waals surface area (Å²) in [5, 5.41) is 21.4. The molecule has 1 aromatic carbocycles. The van der Waals surface area contributed by atoms with Gasteiger partial charge in [0.15, 0.2) is 0 Å². The molecular formula is C13H21NO2. The van der Waals surface area contributed by atoms with Crippen LogP contribution in [0.1, 0.15) is 30.9 Å². The van der Waals surface area contributed by atoms with E-state index in [0.717, 1.165) is 11.3 Å². The molecule has 0 amide bonds. The molecule has 0 aliphatic heterocycles. The van der Waals surface area contributed by atoms with Crippen molar-refractivity contribution in [3.63, 3.8) is 0 Å². The lowest BCUT2D eigenvalue weighted by atomic mass is 9.98. The Morgan fingerprint density at radius 2 is 1.81 bits per heavy atom. The first-order valence-corrected chi connectivity index (χ1v) is 5.68. The lowest BCUT2D eigenvalue weighted by molar-refractivity contribution is 0.204. The van der Waals surface area contributed by atoms with Crippen molar-refractivity contribution < 1.29 is 10.2 Å². The molecule has 0 atom stereocenters. The van der Waals surface area contributed by atoms with Gasteiger partial charge in [-0.15, -0.1) is 0 Å². The van der Waals surface area contributed by atoms with Gasteiger partial charge in [-0.1, -0.05) is 32.0 Å². The minimum absolute atomic E-state index is 0.0671. The van der Waals surface area contributed by atoms with E-state index in [0.29, 0.717) is 5.92 Å². The number of para-hydroxylation sites is 1. The van der Waals surface area contributed by atoms with Gasteiger partial charge in [0, 0.05) is 5.69 Å². The average Bonchev–Trinajstić information content (AvgIpc) is 2.27. The van der Waals surface area contributed by atoms with Crippen LogP contribution in [0.5, 0.6) is 0 Å². The maximum atomic E-state index is 9.09. The Hall–Kier alpha value is -1.06. The minimum atomic E-state index is -0.293. The van der Waals surface area contributed by atoms with Crippen molar-refractivity contribution in [1.29, 1.82) is 0 Å². The Labute approximate surface area is 97.1 Å². The first-order chi connectivity index (χ1) is 7.60. The highest BCUT2D eigenvalue weighted by molar-refractivity contribution is 5.59. The zero-order chi connectivity index (χ0) is 12.1. The normalized spacial score (nSPS) is 11.2. The van der Waals surface area contributed by atoms with E-state index in [1.54, 1.807) is 0 Å². The van der Waals surface area contributed by atoms with Crippen LogP contribution in [0.25, 0.3) is 0 Å². The quantitative estimate of drug-likeness (QED) is 0.714. The third-order valence-corrected chi connectivity index (χ3v) is 2.72. The van der Waals surface area contributed by atoms with E-state index in [9.17, 15) is 0 Å². The lowest BCUT2D eigenvalue weighted by Gasteiger charge is -2.21. The summed E-state index contributed by atoms with van der Waals surface area (Å²) >= 11 is 0. The van der Waals surface area contributed by atoms with Gasteiger partial charge in [-0.05, 0) is 24.0 Å². The average molecular weight is 223 g/mol. The van der Waals surface area contributed by atoms with Crippen LogP contribution in [0.3, 0.4) is 0 Å². The molecule has 0 aliphatic carbocycles. The Morgan fingerprint density at radius 1 is 1.19 bits per heavy atom. The first kappa shape index (κ1) is 13.0. The molecule has 0 spiro atoms.